The monoisotopic (exact) mass is 519 g/mol. The van der Waals surface area contributed by atoms with E-state index in [1.807, 2.05) is 80.6 Å². The number of hydrogen-bond acceptors (Lipinski definition) is 7. The molecule has 0 radical (unpaired) electrons. The van der Waals surface area contributed by atoms with Crippen molar-refractivity contribution in [2.75, 3.05) is 25.1 Å². The highest BCUT2D eigenvalue weighted by atomic mass is 16.2. The molecule has 1 amide bonds. The van der Waals surface area contributed by atoms with Gasteiger partial charge in [0, 0.05) is 43.6 Å². The quantitative estimate of drug-likeness (QED) is 0.336. The first-order valence-corrected chi connectivity index (χ1v) is 12.5. The number of rotatable bonds is 6. The maximum atomic E-state index is 14.3. The Balaban J connectivity index is 1.72. The number of amides is 1. The number of hydrogen-bond donors (Lipinski definition) is 2. The standard InChI is InChI=1S/C30H29N7O2/c1-18-15-20(13-14-32-18)23-12-8-9-21-16-25(37(29(39)26(21)23)22-10-6-5-7-11-22)19(2)34-27-24(28(38)36(3)4)17-33-30(31)35-27/h5-17,19H,1-4H3,(H3,31,33,34,35)/t19-/m0/s1. The average Bonchev–Trinajstić information content (AvgIpc) is 2.92. The van der Waals surface area contributed by atoms with E-state index in [1.165, 1.54) is 11.1 Å². The SMILES string of the molecule is Cc1cc(-c2cccc3cc([C@H](C)Nc4nc(N)ncc4C(=O)N(C)C)n(-c4ccccc4)c(=O)c23)ccn1. The number of nitrogens with zero attached hydrogens (tertiary/aromatic N) is 5. The van der Waals surface area contributed by atoms with Gasteiger partial charge < -0.3 is 16.0 Å². The third-order valence-corrected chi connectivity index (χ3v) is 6.54. The number of carbonyl (C=O) groups excluding carboxylic acids is 1. The topological polar surface area (TPSA) is 119 Å². The molecular formula is C30H29N7O2. The van der Waals surface area contributed by atoms with Gasteiger partial charge in [-0.3, -0.25) is 19.1 Å². The molecule has 5 aromatic rings. The lowest BCUT2D eigenvalue weighted by atomic mass is 9.98. The van der Waals surface area contributed by atoms with Crippen LogP contribution < -0.4 is 16.6 Å². The Morgan fingerprint density at radius 2 is 1.79 bits per heavy atom. The van der Waals surface area contributed by atoms with Crippen LogP contribution in [0.2, 0.25) is 0 Å². The molecule has 0 fully saturated rings. The van der Waals surface area contributed by atoms with Gasteiger partial charge in [-0.2, -0.15) is 4.98 Å². The number of nitrogen functional groups attached to an aromatic ring is 1. The number of aromatic nitrogens is 4. The summed E-state index contributed by atoms with van der Waals surface area (Å²) in [6.45, 7) is 3.84. The second-order valence-electron chi connectivity index (χ2n) is 9.56. The Morgan fingerprint density at radius 1 is 1.03 bits per heavy atom. The molecule has 39 heavy (non-hydrogen) atoms. The van der Waals surface area contributed by atoms with Gasteiger partial charge in [0.25, 0.3) is 11.5 Å². The number of pyridine rings is 2. The number of benzene rings is 2. The van der Waals surface area contributed by atoms with Crippen molar-refractivity contribution in [3.8, 4) is 16.8 Å². The van der Waals surface area contributed by atoms with Crippen LogP contribution in [-0.4, -0.2) is 44.4 Å². The second kappa shape index (κ2) is 10.4. The van der Waals surface area contributed by atoms with Crippen molar-refractivity contribution < 1.29 is 4.79 Å². The molecule has 3 heterocycles. The molecule has 9 heteroatoms. The minimum Gasteiger partial charge on any atom is -0.368 e. The molecule has 0 saturated carbocycles. The lowest BCUT2D eigenvalue weighted by Gasteiger charge is -2.23. The summed E-state index contributed by atoms with van der Waals surface area (Å²) in [4.78, 5) is 41.2. The molecule has 0 aliphatic carbocycles. The van der Waals surface area contributed by atoms with Crippen LogP contribution in [0.4, 0.5) is 11.8 Å². The van der Waals surface area contributed by atoms with Crippen molar-refractivity contribution in [3.05, 3.63) is 106 Å². The number of nitrogens with one attached hydrogen (secondary N) is 1. The minimum absolute atomic E-state index is 0.0382. The molecule has 3 N–H and O–H groups in total. The van der Waals surface area contributed by atoms with Crippen molar-refractivity contribution in [1.29, 1.82) is 0 Å². The van der Waals surface area contributed by atoms with Gasteiger partial charge >= 0.3 is 0 Å². The van der Waals surface area contributed by atoms with Crippen LogP contribution in [0.3, 0.4) is 0 Å². The van der Waals surface area contributed by atoms with Crippen LogP contribution >= 0.6 is 0 Å². The summed E-state index contributed by atoms with van der Waals surface area (Å²) < 4.78 is 1.70. The third kappa shape index (κ3) is 4.94. The maximum Gasteiger partial charge on any atom is 0.263 e. The molecule has 0 aliphatic rings. The summed E-state index contributed by atoms with van der Waals surface area (Å²) in [5.41, 5.74) is 10.1. The van der Waals surface area contributed by atoms with Gasteiger partial charge in [0.1, 0.15) is 11.4 Å². The molecule has 0 unspecified atom stereocenters. The zero-order valence-corrected chi connectivity index (χ0v) is 22.2. The molecule has 2 aromatic carbocycles. The van der Waals surface area contributed by atoms with Crippen LogP contribution in [-0.2, 0) is 0 Å². The van der Waals surface area contributed by atoms with Crippen LogP contribution in [0.5, 0.6) is 0 Å². The highest BCUT2D eigenvalue weighted by Crippen LogP contribution is 2.30. The van der Waals surface area contributed by atoms with E-state index in [-0.39, 0.29) is 23.0 Å². The largest absolute Gasteiger partial charge is 0.368 e. The van der Waals surface area contributed by atoms with Crippen LogP contribution in [0.15, 0.2) is 83.9 Å². The predicted octanol–water partition coefficient (Wildman–Crippen LogP) is 4.61. The zero-order valence-electron chi connectivity index (χ0n) is 22.2. The Kier molecular flexibility index (Phi) is 6.81. The molecule has 1 atom stereocenters. The summed E-state index contributed by atoms with van der Waals surface area (Å²) in [6, 6.07) is 20.8. The fourth-order valence-electron chi connectivity index (χ4n) is 4.68. The normalized spacial score (nSPS) is 11.8. The molecule has 9 nitrogen and oxygen atoms in total. The third-order valence-electron chi connectivity index (χ3n) is 6.54. The van der Waals surface area contributed by atoms with Gasteiger partial charge in [-0.15, -0.1) is 0 Å². The van der Waals surface area contributed by atoms with Crippen LogP contribution in [0, 0.1) is 6.92 Å². The summed E-state index contributed by atoms with van der Waals surface area (Å²) >= 11 is 0. The smallest absolute Gasteiger partial charge is 0.263 e. The second-order valence-corrected chi connectivity index (χ2v) is 9.56. The highest BCUT2D eigenvalue weighted by Gasteiger charge is 2.22. The summed E-state index contributed by atoms with van der Waals surface area (Å²) in [6.07, 6.45) is 3.16. The molecule has 0 aliphatic heterocycles. The number of para-hydroxylation sites is 1. The predicted molar refractivity (Wildman–Crippen MR) is 154 cm³/mol. The average molecular weight is 520 g/mol. The summed E-state index contributed by atoms with van der Waals surface area (Å²) in [5.74, 6) is 0.0686. The molecule has 0 bridgehead atoms. The van der Waals surface area contributed by atoms with Gasteiger partial charge in [0.15, 0.2) is 0 Å². The van der Waals surface area contributed by atoms with Gasteiger partial charge in [0.05, 0.1) is 11.4 Å². The molecule has 3 aromatic heterocycles. The summed E-state index contributed by atoms with van der Waals surface area (Å²) in [7, 11) is 3.31. The van der Waals surface area contributed by atoms with E-state index in [2.05, 4.69) is 20.3 Å². The summed E-state index contributed by atoms with van der Waals surface area (Å²) in [5, 5.41) is 4.72. The number of aryl methyl sites for hydroxylation is 1. The first kappa shape index (κ1) is 25.6. The van der Waals surface area contributed by atoms with E-state index in [0.29, 0.717) is 16.9 Å². The Bertz CT molecular complexity index is 1750. The molecule has 196 valence electrons. The first-order chi connectivity index (χ1) is 18.7. The molecule has 0 spiro atoms. The van der Waals surface area contributed by atoms with Crippen molar-refractivity contribution >= 4 is 28.4 Å². The molecule has 0 saturated heterocycles. The first-order valence-electron chi connectivity index (χ1n) is 12.5. The fraction of sp³-hybridized carbons (Fsp3) is 0.167. The zero-order chi connectivity index (χ0) is 27.7. The Morgan fingerprint density at radius 3 is 2.51 bits per heavy atom. The number of anilines is 2. The Hall–Kier alpha value is -5.05. The highest BCUT2D eigenvalue weighted by molar-refractivity contribution is 5.98. The lowest BCUT2D eigenvalue weighted by Crippen LogP contribution is -2.27. The number of carbonyl (C=O) groups is 1. The maximum absolute atomic E-state index is 14.3. The molecule has 5 rings (SSSR count). The van der Waals surface area contributed by atoms with E-state index in [4.69, 9.17) is 5.73 Å². The number of fused-ring (bicyclic) bond motifs is 1. The van der Waals surface area contributed by atoms with Gasteiger partial charge in [0.2, 0.25) is 5.95 Å². The lowest BCUT2D eigenvalue weighted by molar-refractivity contribution is 0.0827. The van der Waals surface area contributed by atoms with Crippen molar-refractivity contribution in [2.45, 2.75) is 19.9 Å². The van der Waals surface area contributed by atoms with Gasteiger partial charge in [-0.05, 0) is 60.7 Å². The van der Waals surface area contributed by atoms with E-state index in [0.717, 1.165) is 27.9 Å². The molecular weight excluding hydrogens is 490 g/mol. The van der Waals surface area contributed by atoms with Crippen molar-refractivity contribution in [1.82, 2.24) is 24.4 Å². The van der Waals surface area contributed by atoms with Crippen LogP contribution in [0.1, 0.15) is 34.7 Å². The van der Waals surface area contributed by atoms with Crippen LogP contribution in [0.25, 0.3) is 27.6 Å². The van der Waals surface area contributed by atoms with Gasteiger partial charge in [-0.1, -0.05) is 36.4 Å². The van der Waals surface area contributed by atoms with Gasteiger partial charge in [-0.25, -0.2) is 4.98 Å². The van der Waals surface area contributed by atoms with E-state index in [9.17, 15) is 9.59 Å². The minimum atomic E-state index is -0.433. The fourth-order valence-corrected chi connectivity index (χ4v) is 4.68. The van der Waals surface area contributed by atoms with Crippen molar-refractivity contribution in [3.63, 3.8) is 0 Å². The van der Waals surface area contributed by atoms with E-state index in [1.54, 1.807) is 24.9 Å². The Labute approximate surface area is 226 Å². The van der Waals surface area contributed by atoms with E-state index >= 15 is 0 Å². The van der Waals surface area contributed by atoms with E-state index < -0.39 is 6.04 Å². The number of nitrogens with two attached hydrogens (primary N) is 1. The van der Waals surface area contributed by atoms with Crippen molar-refractivity contribution in [2.24, 2.45) is 0 Å².